The van der Waals surface area contributed by atoms with Crippen molar-refractivity contribution in [3.63, 3.8) is 0 Å². The minimum Gasteiger partial charge on any atom is -0.496 e. The predicted molar refractivity (Wildman–Crippen MR) is 106 cm³/mol. The van der Waals surface area contributed by atoms with E-state index in [9.17, 15) is 14.7 Å². The van der Waals surface area contributed by atoms with Crippen molar-refractivity contribution >= 4 is 11.8 Å². The summed E-state index contributed by atoms with van der Waals surface area (Å²) < 4.78 is 5.25. The maximum atomic E-state index is 12.9. The van der Waals surface area contributed by atoms with E-state index in [2.05, 4.69) is 12.1 Å². The van der Waals surface area contributed by atoms with Crippen LogP contribution in [-0.4, -0.2) is 66.1 Å². The van der Waals surface area contributed by atoms with Crippen LogP contribution in [0.15, 0.2) is 54.6 Å². The summed E-state index contributed by atoms with van der Waals surface area (Å²) in [5, 5.41) is 10.4. The van der Waals surface area contributed by atoms with Crippen LogP contribution < -0.4 is 4.74 Å². The zero-order valence-electron chi connectivity index (χ0n) is 16.1. The Hall–Kier alpha value is -2.86. The summed E-state index contributed by atoms with van der Waals surface area (Å²) in [5.74, 6) is 0.00208. The Kier molecular flexibility index (Phi) is 6.66. The number of hydrogen-bond acceptors (Lipinski definition) is 4. The Balaban J connectivity index is 1.63. The van der Waals surface area contributed by atoms with E-state index in [4.69, 9.17) is 4.74 Å². The average Bonchev–Trinajstić information content (AvgIpc) is 2.86. The first kappa shape index (κ1) is 19.9. The SMILES string of the molecule is COc1ccccc1C(=O)N1CC(=O)N(CCCc2ccccc2)CC(O)C1. The normalized spacial score (nSPS) is 17.4. The first-order valence-electron chi connectivity index (χ1n) is 9.50. The van der Waals surface area contributed by atoms with Gasteiger partial charge in [0, 0.05) is 19.6 Å². The molecule has 1 aliphatic rings. The Bertz CT molecular complexity index is 809. The van der Waals surface area contributed by atoms with Crippen LogP contribution in [0.1, 0.15) is 22.3 Å². The number of para-hydroxylation sites is 1. The molecular weight excluding hydrogens is 356 g/mol. The Labute approximate surface area is 165 Å². The lowest BCUT2D eigenvalue weighted by molar-refractivity contribution is -0.131. The van der Waals surface area contributed by atoms with Crippen LogP contribution in [0, 0.1) is 0 Å². The number of aliphatic hydroxyl groups excluding tert-OH is 1. The van der Waals surface area contributed by atoms with E-state index in [1.165, 1.54) is 17.6 Å². The third-order valence-electron chi connectivity index (χ3n) is 4.90. The second-order valence-electron chi connectivity index (χ2n) is 6.97. The molecule has 1 heterocycles. The second-order valence-corrected chi connectivity index (χ2v) is 6.97. The number of benzene rings is 2. The van der Waals surface area contributed by atoms with Crippen molar-refractivity contribution in [3.8, 4) is 5.75 Å². The summed E-state index contributed by atoms with van der Waals surface area (Å²) in [5.41, 5.74) is 1.61. The summed E-state index contributed by atoms with van der Waals surface area (Å²) in [4.78, 5) is 28.6. The summed E-state index contributed by atoms with van der Waals surface area (Å²) in [6.45, 7) is 0.877. The van der Waals surface area contributed by atoms with Crippen LogP contribution in [0.5, 0.6) is 5.75 Å². The van der Waals surface area contributed by atoms with Crippen LogP contribution in [-0.2, 0) is 11.2 Å². The zero-order chi connectivity index (χ0) is 19.9. The smallest absolute Gasteiger partial charge is 0.258 e. The van der Waals surface area contributed by atoms with Gasteiger partial charge in [-0.1, -0.05) is 42.5 Å². The number of aliphatic hydroxyl groups is 1. The van der Waals surface area contributed by atoms with Gasteiger partial charge in [-0.05, 0) is 30.5 Å². The zero-order valence-corrected chi connectivity index (χ0v) is 16.1. The maximum absolute atomic E-state index is 12.9. The highest BCUT2D eigenvalue weighted by Gasteiger charge is 2.30. The average molecular weight is 382 g/mol. The fourth-order valence-corrected chi connectivity index (χ4v) is 3.48. The van der Waals surface area contributed by atoms with Gasteiger partial charge in [-0.3, -0.25) is 9.59 Å². The van der Waals surface area contributed by atoms with Gasteiger partial charge >= 0.3 is 0 Å². The van der Waals surface area contributed by atoms with Gasteiger partial charge in [0.15, 0.2) is 0 Å². The molecule has 1 unspecified atom stereocenters. The fourth-order valence-electron chi connectivity index (χ4n) is 3.48. The van der Waals surface area contributed by atoms with Crippen LogP contribution in [0.25, 0.3) is 0 Å². The number of hydrogen-bond donors (Lipinski definition) is 1. The molecule has 0 aromatic heterocycles. The minimum atomic E-state index is -0.776. The number of β-amino-alcohol motifs (C(OH)–C–C–N with tert-alkyl or cyclic N) is 1. The van der Waals surface area contributed by atoms with Crippen LogP contribution in [0.2, 0.25) is 0 Å². The molecule has 0 aliphatic carbocycles. The van der Waals surface area contributed by atoms with Gasteiger partial charge in [0.2, 0.25) is 5.91 Å². The summed E-state index contributed by atoms with van der Waals surface area (Å²) in [6, 6.07) is 17.0. The van der Waals surface area contributed by atoms with Gasteiger partial charge in [0.25, 0.3) is 5.91 Å². The van der Waals surface area contributed by atoms with Crippen molar-refractivity contribution in [1.82, 2.24) is 9.80 Å². The van der Waals surface area contributed by atoms with Gasteiger partial charge < -0.3 is 19.6 Å². The lowest BCUT2D eigenvalue weighted by Crippen LogP contribution is -2.40. The molecule has 148 valence electrons. The molecule has 3 rings (SSSR count). The number of carbonyl (C=O) groups excluding carboxylic acids is 2. The van der Waals surface area contributed by atoms with Crippen LogP contribution >= 0.6 is 0 Å². The number of carbonyl (C=O) groups is 2. The standard InChI is InChI=1S/C22H26N2O4/c1-28-20-12-6-5-11-19(20)22(27)24-15-18(25)14-23(21(26)16-24)13-7-10-17-8-3-2-4-9-17/h2-6,8-9,11-12,18,25H,7,10,13-16H2,1H3. The van der Waals surface area contributed by atoms with E-state index in [-0.39, 0.29) is 31.4 Å². The highest BCUT2D eigenvalue weighted by atomic mass is 16.5. The molecule has 1 N–H and O–H groups in total. The molecule has 0 bridgehead atoms. The van der Waals surface area contributed by atoms with Crippen molar-refractivity contribution in [2.45, 2.75) is 18.9 Å². The minimum absolute atomic E-state index is 0.0424. The number of ether oxygens (including phenoxy) is 1. The highest BCUT2D eigenvalue weighted by Crippen LogP contribution is 2.20. The van der Waals surface area contributed by atoms with Crippen molar-refractivity contribution in [1.29, 1.82) is 0 Å². The lowest BCUT2D eigenvalue weighted by atomic mass is 10.1. The molecule has 1 atom stereocenters. The maximum Gasteiger partial charge on any atom is 0.258 e. The number of aryl methyl sites for hydroxylation is 1. The van der Waals surface area contributed by atoms with Crippen molar-refractivity contribution < 1.29 is 19.4 Å². The number of amides is 2. The molecule has 6 nitrogen and oxygen atoms in total. The van der Waals surface area contributed by atoms with Gasteiger partial charge in [-0.15, -0.1) is 0 Å². The monoisotopic (exact) mass is 382 g/mol. The summed E-state index contributed by atoms with van der Waals surface area (Å²) in [7, 11) is 1.50. The van der Waals surface area contributed by atoms with E-state index in [1.54, 1.807) is 29.2 Å². The number of methoxy groups -OCH3 is 1. The molecular formula is C22H26N2O4. The van der Waals surface area contributed by atoms with Crippen LogP contribution in [0.3, 0.4) is 0 Å². The Morgan fingerprint density at radius 2 is 1.82 bits per heavy atom. The molecule has 0 saturated carbocycles. The lowest BCUT2D eigenvalue weighted by Gasteiger charge is -2.22. The molecule has 2 aromatic rings. The molecule has 0 radical (unpaired) electrons. The summed E-state index contributed by atoms with van der Waals surface area (Å²) in [6.07, 6.45) is 0.898. The topological polar surface area (TPSA) is 70.1 Å². The Morgan fingerprint density at radius 1 is 1.11 bits per heavy atom. The molecule has 0 spiro atoms. The van der Waals surface area contributed by atoms with E-state index >= 15 is 0 Å². The van der Waals surface area contributed by atoms with E-state index in [0.717, 1.165) is 12.8 Å². The first-order valence-corrected chi connectivity index (χ1v) is 9.50. The van der Waals surface area contributed by atoms with Crippen molar-refractivity contribution in [3.05, 3.63) is 65.7 Å². The second kappa shape index (κ2) is 9.37. The fraction of sp³-hybridized carbons (Fsp3) is 0.364. The van der Waals surface area contributed by atoms with Gasteiger partial charge in [0.05, 0.1) is 18.8 Å². The largest absolute Gasteiger partial charge is 0.496 e. The highest BCUT2D eigenvalue weighted by molar-refractivity contribution is 5.99. The molecule has 1 fully saturated rings. The molecule has 2 amide bonds. The number of nitrogens with zero attached hydrogens (tertiary/aromatic N) is 2. The molecule has 1 aliphatic heterocycles. The van der Waals surface area contributed by atoms with Crippen LogP contribution in [0.4, 0.5) is 0 Å². The van der Waals surface area contributed by atoms with Gasteiger partial charge in [-0.25, -0.2) is 0 Å². The summed E-state index contributed by atoms with van der Waals surface area (Å²) >= 11 is 0. The predicted octanol–water partition coefficient (Wildman–Crippen LogP) is 1.97. The van der Waals surface area contributed by atoms with E-state index < -0.39 is 6.10 Å². The first-order chi connectivity index (χ1) is 13.6. The van der Waals surface area contributed by atoms with Crippen molar-refractivity contribution in [2.24, 2.45) is 0 Å². The number of rotatable bonds is 6. The quantitative estimate of drug-likeness (QED) is 0.829. The third-order valence-corrected chi connectivity index (χ3v) is 4.90. The van der Waals surface area contributed by atoms with Gasteiger partial charge in [-0.2, -0.15) is 0 Å². The van der Waals surface area contributed by atoms with Gasteiger partial charge in [0.1, 0.15) is 12.3 Å². The third kappa shape index (κ3) is 4.89. The molecule has 1 saturated heterocycles. The van der Waals surface area contributed by atoms with Crippen molar-refractivity contribution in [2.75, 3.05) is 33.3 Å². The molecule has 2 aromatic carbocycles. The Morgan fingerprint density at radius 3 is 2.57 bits per heavy atom. The van der Waals surface area contributed by atoms with E-state index in [0.29, 0.717) is 17.9 Å². The van der Waals surface area contributed by atoms with E-state index in [1.807, 2.05) is 18.2 Å². The molecule has 28 heavy (non-hydrogen) atoms. The molecule has 6 heteroatoms.